The van der Waals surface area contributed by atoms with Crippen LogP contribution in [0.2, 0.25) is 0 Å². The van der Waals surface area contributed by atoms with Crippen LogP contribution >= 0.6 is 11.8 Å². The fourth-order valence-corrected chi connectivity index (χ4v) is 3.76. The molecule has 2 aliphatic rings. The van der Waals surface area contributed by atoms with Crippen LogP contribution in [0.4, 0.5) is 10.5 Å². The van der Waals surface area contributed by atoms with E-state index >= 15 is 0 Å². The molecule has 1 aromatic carbocycles. The maximum atomic E-state index is 11.0. The first kappa shape index (κ1) is 11.7. The number of fused-ring (bicyclic) bond motifs is 1. The van der Waals surface area contributed by atoms with Crippen LogP contribution in [0.1, 0.15) is 6.42 Å². The summed E-state index contributed by atoms with van der Waals surface area (Å²) in [4.78, 5) is 16.2. The van der Waals surface area contributed by atoms with E-state index in [2.05, 4.69) is 29.2 Å². The predicted octanol–water partition coefficient (Wildman–Crippen LogP) is 2.35. The summed E-state index contributed by atoms with van der Waals surface area (Å²) in [6.07, 6.45) is 0.142. The number of anilines is 1. The molecule has 0 bridgehead atoms. The van der Waals surface area contributed by atoms with Gasteiger partial charge in [0.2, 0.25) is 0 Å². The van der Waals surface area contributed by atoms with Crippen molar-refractivity contribution in [3.05, 3.63) is 24.3 Å². The minimum Gasteiger partial charge on any atom is -0.465 e. The second-order valence-electron chi connectivity index (χ2n) is 4.68. The third-order valence-corrected chi connectivity index (χ3v) is 4.68. The van der Waals surface area contributed by atoms with Gasteiger partial charge in [0, 0.05) is 36.3 Å². The van der Waals surface area contributed by atoms with Crippen LogP contribution in [-0.2, 0) is 0 Å². The fraction of sp³-hybridized carbons (Fsp3) is 0.462. The van der Waals surface area contributed by atoms with E-state index in [-0.39, 0.29) is 0 Å². The number of likely N-dealkylation sites (tertiary alicyclic amines) is 1. The zero-order chi connectivity index (χ0) is 12.5. The lowest BCUT2D eigenvalue weighted by Gasteiger charge is -2.35. The Balaban J connectivity index is 1.80. The van der Waals surface area contributed by atoms with Gasteiger partial charge in [0.05, 0.1) is 5.69 Å². The standard InChI is InChI=1S/C13H16N2O2S/c16-13(17)14-6-5-10(9-14)15-7-8-18-12-4-2-1-3-11(12)15/h1-4,10H,5-9H2,(H,16,17). The van der Waals surface area contributed by atoms with E-state index in [4.69, 9.17) is 5.11 Å². The third kappa shape index (κ3) is 2.03. The van der Waals surface area contributed by atoms with Crippen LogP contribution < -0.4 is 4.90 Å². The van der Waals surface area contributed by atoms with E-state index < -0.39 is 6.09 Å². The molecular weight excluding hydrogens is 248 g/mol. The highest BCUT2D eigenvalue weighted by Gasteiger charge is 2.32. The summed E-state index contributed by atoms with van der Waals surface area (Å²) >= 11 is 1.89. The van der Waals surface area contributed by atoms with Gasteiger partial charge in [0.25, 0.3) is 0 Å². The van der Waals surface area contributed by atoms with Crippen molar-refractivity contribution in [3.63, 3.8) is 0 Å². The molecule has 2 aliphatic heterocycles. The second kappa shape index (κ2) is 4.72. The Morgan fingerprint density at radius 2 is 2.17 bits per heavy atom. The van der Waals surface area contributed by atoms with Crippen molar-refractivity contribution in [2.45, 2.75) is 17.4 Å². The number of thioether (sulfide) groups is 1. The van der Waals surface area contributed by atoms with Crippen molar-refractivity contribution in [2.24, 2.45) is 0 Å². The minimum absolute atomic E-state index is 0.336. The van der Waals surface area contributed by atoms with Crippen molar-refractivity contribution in [1.82, 2.24) is 4.90 Å². The zero-order valence-corrected chi connectivity index (χ0v) is 10.9. The number of nitrogens with zero attached hydrogens (tertiary/aromatic N) is 2. The maximum absolute atomic E-state index is 11.0. The highest BCUT2D eigenvalue weighted by atomic mass is 32.2. The number of hydrogen-bond donors (Lipinski definition) is 1. The number of hydrogen-bond acceptors (Lipinski definition) is 3. The Kier molecular flexibility index (Phi) is 3.07. The lowest BCUT2D eigenvalue weighted by Crippen LogP contribution is -2.41. The third-order valence-electron chi connectivity index (χ3n) is 3.64. The predicted molar refractivity (Wildman–Crippen MR) is 72.5 cm³/mol. The molecule has 3 rings (SSSR count). The molecule has 0 radical (unpaired) electrons. The summed E-state index contributed by atoms with van der Waals surface area (Å²) < 4.78 is 0. The SMILES string of the molecule is O=C(O)N1CCC(N2CCSc3ccccc32)C1. The first-order valence-electron chi connectivity index (χ1n) is 6.22. The fourth-order valence-electron chi connectivity index (χ4n) is 2.74. The zero-order valence-electron chi connectivity index (χ0n) is 10.1. The molecule has 1 saturated heterocycles. The molecule has 0 saturated carbocycles. The maximum Gasteiger partial charge on any atom is 0.407 e. The first-order chi connectivity index (χ1) is 8.75. The first-order valence-corrected chi connectivity index (χ1v) is 7.20. The molecule has 18 heavy (non-hydrogen) atoms. The van der Waals surface area contributed by atoms with E-state index in [1.807, 2.05) is 11.8 Å². The normalized spacial score (nSPS) is 23.0. The smallest absolute Gasteiger partial charge is 0.407 e. The number of para-hydroxylation sites is 1. The van der Waals surface area contributed by atoms with Gasteiger partial charge >= 0.3 is 6.09 Å². The number of amides is 1. The van der Waals surface area contributed by atoms with Crippen molar-refractivity contribution in [2.75, 3.05) is 30.3 Å². The monoisotopic (exact) mass is 264 g/mol. The van der Waals surface area contributed by atoms with Crippen LogP contribution in [0.3, 0.4) is 0 Å². The molecule has 1 N–H and O–H groups in total. The molecule has 1 unspecified atom stereocenters. The van der Waals surface area contributed by atoms with Gasteiger partial charge in [-0.2, -0.15) is 0 Å². The van der Waals surface area contributed by atoms with Gasteiger partial charge in [-0.3, -0.25) is 0 Å². The van der Waals surface area contributed by atoms with E-state index in [0.29, 0.717) is 19.1 Å². The van der Waals surface area contributed by atoms with Crippen molar-refractivity contribution < 1.29 is 9.90 Å². The summed E-state index contributed by atoms with van der Waals surface area (Å²) in [7, 11) is 0. The minimum atomic E-state index is -0.794. The molecule has 4 nitrogen and oxygen atoms in total. The van der Waals surface area contributed by atoms with E-state index in [9.17, 15) is 4.79 Å². The second-order valence-corrected chi connectivity index (χ2v) is 5.82. The van der Waals surface area contributed by atoms with Gasteiger partial charge in [-0.05, 0) is 18.6 Å². The summed E-state index contributed by atoms with van der Waals surface area (Å²) in [6, 6.07) is 8.75. The number of benzene rings is 1. The average Bonchev–Trinajstić information content (AvgIpc) is 2.87. The summed E-state index contributed by atoms with van der Waals surface area (Å²) in [6.45, 7) is 2.31. The van der Waals surface area contributed by atoms with Gasteiger partial charge in [0.1, 0.15) is 0 Å². The molecule has 0 aromatic heterocycles. The van der Waals surface area contributed by atoms with Gasteiger partial charge in [-0.25, -0.2) is 4.79 Å². The number of carboxylic acid groups (broad SMARTS) is 1. The molecule has 1 aromatic rings. The topological polar surface area (TPSA) is 43.8 Å². The van der Waals surface area contributed by atoms with Crippen LogP contribution in [0.15, 0.2) is 29.2 Å². The quantitative estimate of drug-likeness (QED) is 0.845. The van der Waals surface area contributed by atoms with E-state index in [0.717, 1.165) is 18.7 Å². The van der Waals surface area contributed by atoms with E-state index in [1.165, 1.54) is 15.5 Å². The average molecular weight is 264 g/mol. The molecule has 1 fully saturated rings. The highest BCUT2D eigenvalue weighted by Crippen LogP contribution is 2.36. The molecule has 2 heterocycles. The Morgan fingerprint density at radius 3 is 2.94 bits per heavy atom. The largest absolute Gasteiger partial charge is 0.465 e. The van der Waals surface area contributed by atoms with E-state index in [1.54, 1.807) is 0 Å². The molecule has 1 atom stereocenters. The van der Waals surface area contributed by atoms with Crippen LogP contribution in [0.25, 0.3) is 0 Å². The molecule has 1 amide bonds. The van der Waals surface area contributed by atoms with Crippen LogP contribution in [0.5, 0.6) is 0 Å². The summed E-state index contributed by atoms with van der Waals surface area (Å²) in [5.74, 6) is 1.08. The van der Waals surface area contributed by atoms with Crippen molar-refractivity contribution in [3.8, 4) is 0 Å². The van der Waals surface area contributed by atoms with Crippen LogP contribution in [-0.4, -0.2) is 47.5 Å². The Bertz CT molecular complexity index is 466. The lowest BCUT2D eigenvalue weighted by atomic mass is 10.2. The molecule has 0 spiro atoms. The lowest BCUT2D eigenvalue weighted by molar-refractivity contribution is 0.155. The highest BCUT2D eigenvalue weighted by molar-refractivity contribution is 7.99. The van der Waals surface area contributed by atoms with Crippen molar-refractivity contribution in [1.29, 1.82) is 0 Å². The Labute approximate surface area is 111 Å². The Hall–Kier alpha value is -1.36. The molecule has 0 aliphatic carbocycles. The van der Waals surface area contributed by atoms with Crippen LogP contribution in [0, 0.1) is 0 Å². The molecule has 96 valence electrons. The van der Waals surface area contributed by atoms with Gasteiger partial charge in [-0.15, -0.1) is 11.8 Å². The van der Waals surface area contributed by atoms with Crippen molar-refractivity contribution >= 4 is 23.5 Å². The Morgan fingerprint density at radius 1 is 1.33 bits per heavy atom. The number of rotatable bonds is 1. The molecular formula is C13H16N2O2S. The van der Waals surface area contributed by atoms with Gasteiger partial charge in [0.15, 0.2) is 0 Å². The van der Waals surface area contributed by atoms with Gasteiger partial charge in [-0.1, -0.05) is 12.1 Å². The summed E-state index contributed by atoms with van der Waals surface area (Å²) in [5, 5.41) is 9.03. The van der Waals surface area contributed by atoms with Gasteiger partial charge < -0.3 is 14.9 Å². The molecule has 5 heteroatoms. The number of carbonyl (C=O) groups is 1. The summed E-state index contributed by atoms with van der Waals surface area (Å²) in [5.41, 5.74) is 1.27.